The zero-order valence-electron chi connectivity index (χ0n) is 5.70. The number of hydrogen-bond acceptors (Lipinski definition) is 2. The van der Waals surface area contributed by atoms with Gasteiger partial charge in [0.25, 0.3) is 0 Å². The second kappa shape index (κ2) is 3.29. The quantitative estimate of drug-likeness (QED) is 0.556. The van der Waals surface area contributed by atoms with Crippen molar-refractivity contribution in [2.45, 2.75) is 0 Å². The van der Waals surface area contributed by atoms with Gasteiger partial charge in [0.15, 0.2) is 6.07 Å². The van der Waals surface area contributed by atoms with E-state index in [0.717, 1.165) is 0 Å². The average Bonchev–Trinajstić information content (AvgIpc) is 2.03. The van der Waals surface area contributed by atoms with Crippen molar-refractivity contribution >= 4 is 0 Å². The largest absolute Gasteiger partial charge is 0.507 e. The molecule has 0 spiro atoms. The van der Waals surface area contributed by atoms with E-state index in [1.54, 1.807) is 24.3 Å². The molecule has 0 unspecified atom stereocenters. The summed E-state index contributed by atoms with van der Waals surface area (Å²) in [7, 11) is 0. The van der Waals surface area contributed by atoms with Crippen LogP contribution < -0.4 is 0 Å². The van der Waals surface area contributed by atoms with Crippen LogP contribution in [0, 0.1) is 23.2 Å². The highest BCUT2D eigenvalue weighted by Crippen LogP contribution is 2.13. The van der Waals surface area contributed by atoms with Crippen LogP contribution in [0.1, 0.15) is 5.56 Å². The van der Waals surface area contributed by atoms with Crippen LogP contribution in [-0.2, 0) is 0 Å². The summed E-state index contributed by atoms with van der Waals surface area (Å²) in [5, 5.41) is 17.2. The lowest BCUT2D eigenvalue weighted by Gasteiger charge is -1.91. The van der Waals surface area contributed by atoms with Gasteiger partial charge < -0.3 is 5.11 Å². The van der Waals surface area contributed by atoms with Gasteiger partial charge in [-0.2, -0.15) is 5.26 Å². The molecule has 0 heterocycles. The van der Waals surface area contributed by atoms with Crippen molar-refractivity contribution in [2.75, 3.05) is 0 Å². The van der Waals surface area contributed by atoms with E-state index in [1.165, 1.54) is 6.07 Å². The first-order valence-corrected chi connectivity index (χ1v) is 3.02. The molecule has 2 nitrogen and oxygen atoms in total. The molecule has 1 rings (SSSR count). The summed E-state index contributed by atoms with van der Waals surface area (Å²) in [6, 6.07) is 8.31. The fourth-order valence-electron chi connectivity index (χ4n) is 0.675. The first-order valence-electron chi connectivity index (χ1n) is 3.02. The fraction of sp³-hybridized carbons (Fsp3) is 0. The van der Waals surface area contributed by atoms with Gasteiger partial charge in [-0.05, 0) is 18.1 Å². The minimum absolute atomic E-state index is 0.107. The first-order chi connectivity index (χ1) is 5.34. The molecule has 0 saturated carbocycles. The third-order valence-corrected chi connectivity index (χ3v) is 1.16. The summed E-state index contributed by atoms with van der Waals surface area (Å²) in [4.78, 5) is 0. The molecule has 0 bridgehead atoms. The molecule has 1 aromatic carbocycles. The Bertz CT molecular complexity index is 352. The molecular weight excluding hydrogens is 138 g/mol. The van der Waals surface area contributed by atoms with Gasteiger partial charge in [0.05, 0.1) is 5.56 Å². The number of rotatable bonds is 0. The van der Waals surface area contributed by atoms with Crippen molar-refractivity contribution < 1.29 is 5.11 Å². The highest BCUT2D eigenvalue weighted by molar-refractivity contribution is 5.46. The molecule has 0 atom stereocenters. The van der Waals surface area contributed by atoms with E-state index in [9.17, 15) is 0 Å². The molecule has 2 heteroatoms. The average molecular weight is 143 g/mol. The van der Waals surface area contributed by atoms with Gasteiger partial charge in [0.2, 0.25) is 0 Å². The van der Waals surface area contributed by atoms with E-state index in [1.807, 2.05) is 0 Å². The Morgan fingerprint density at radius 1 is 1.27 bits per heavy atom. The number of nitrogens with zero attached hydrogens (tertiary/aromatic N) is 1. The zero-order chi connectivity index (χ0) is 8.10. The van der Waals surface area contributed by atoms with E-state index in [-0.39, 0.29) is 5.75 Å². The Morgan fingerprint density at radius 2 is 2.00 bits per heavy atom. The number of phenols is 1. The Labute approximate surface area is 64.7 Å². The van der Waals surface area contributed by atoms with Gasteiger partial charge in [-0.15, -0.1) is 0 Å². The topological polar surface area (TPSA) is 44.0 Å². The molecule has 0 aromatic heterocycles. The molecule has 0 aliphatic carbocycles. The smallest absolute Gasteiger partial charge is 0.152 e. The molecule has 1 aromatic rings. The standard InChI is InChI=1S/C9H5NO/c10-7-3-5-8-4-1-2-6-9(8)11/h1-2,4,6,11H. The number of aromatic hydroxyl groups is 1. The normalized spacial score (nSPS) is 7.55. The summed E-state index contributed by atoms with van der Waals surface area (Å²) in [5.41, 5.74) is 0.481. The zero-order valence-corrected chi connectivity index (χ0v) is 5.70. The highest BCUT2D eigenvalue weighted by atomic mass is 16.3. The van der Waals surface area contributed by atoms with E-state index in [2.05, 4.69) is 11.8 Å². The van der Waals surface area contributed by atoms with Gasteiger partial charge in [0.1, 0.15) is 5.75 Å². The van der Waals surface area contributed by atoms with Crippen molar-refractivity contribution in [2.24, 2.45) is 0 Å². The van der Waals surface area contributed by atoms with Crippen LogP contribution in [0.15, 0.2) is 24.3 Å². The van der Waals surface area contributed by atoms with Crippen molar-refractivity contribution in [1.29, 1.82) is 5.26 Å². The summed E-state index contributed by atoms with van der Waals surface area (Å²) < 4.78 is 0. The third-order valence-electron chi connectivity index (χ3n) is 1.16. The van der Waals surface area contributed by atoms with Crippen LogP contribution in [0.2, 0.25) is 0 Å². The summed E-state index contributed by atoms with van der Waals surface area (Å²) in [6.45, 7) is 0. The van der Waals surface area contributed by atoms with Crippen molar-refractivity contribution in [1.82, 2.24) is 0 Å². The number of nitriles is 1. The Balaban J connectivity index is 3.07. The van der Waals surface area contributed by atoms with Crippen LogP contribution in [-0.4, -0.2) is 5.11 Å². The predicted molar refractivity (Wildman–Crippen MR) is 40.6 cm³/mol. The lowest BCUT2D eigenvalue weighted by atomic mass is 10.2. The van der Waals surface area contributed by atoms with E-state index < -0.39 is 0 Å². The van der Waals surface area contributed by atoms with Crippen LogP contribution in [0.4, 0.5) is 0 Å². The van der Waals surface area contributed by atoms with Gasteiger partial charge in [-0.25, -0.2) is 0 Å². The van der Waals surface area contributed by atoms with Gasteiger partial charge in [-0.1, -0.05) is 12.1 Å². The molecule has 52 valence electrons. The number of benzene rings is 1. The van der Waals surface area contributed by atoms with Crippen LogP contribution in [0.3, 0.4) is 0 Å². The van der Waals surface area contributed by atoms with Crippen molar-refractivity contribution in [3.05, 3.63) is 29.8 Å². The minimum Gasteiger partial charge on any atom is -0.507 e. The fourth-order valence-corrected chi connectivity index (χ4v) is 0.675. The molecular formula is C9H5NO. The molecule has 0 aliphatic heterocycles. The van der Waals surface area contributed by atoms with E-state index >= 15 is 0 Å². The molecule has 0 amide bonds. The number of phenolic OH excluding ortho intramolecular Hbond substituents is 1. The van der Waals surface area contributed by atoms with Gasteiger partial charge in [0, 0.05) is 5.92 Å². The molecule has 0 saturated heterocycles. The minimum atomic E-state index is 0.107. The number of para-hydroxylation sites is 1. The highest BCUT2D eigenvalue weighted by Gasteiger charge is 1.91. The monoisotopic (exact) mass is 143 g/mol. The van der Waals surface area contributed by atoms with Crippen LogP contribution >= 0.6 is 0 Å². The molecule has 1 N–H and O–H groups in total. The molecule has 0 fully saturated rings. The van der Waals surface area contributed by atoms with Gasteiger partial charge in [-0.3, -0.25) is 0 Å². The second-order valence-corrected chi connectivity index (χ2v) is 1.88. The SMILES string of the molecule is N#CC#Cc1ccccc1O. The first kappa shape index (κ1) is 7.18. The Kier molecular flexibility index (Phi) is 2.15. The third kappa shape index (κ3) is 1.74. The van der Waals surface area contributed by atoms with Gasteiger partial charge >= 0.3 is 0 Å². The number of hydrogen-bond donors (Lipinski definition) is 1. The van der Waals surface area contributed by atoms with Crippen LogP contribution in [0.25, 0.3) is 0 Å². The Hall–Kier alpha value is -1.93. The van der Waals surface area contributed by atoms with Crippen LogP contribution in [0.5, 0.6) is 5.75 Å². The van der Waals surface area contributed by atoms with Crippen molar-refractivity contribution in [3.8, 4) is 23.7 Å². The predicted octanol–water partition coefficient (Wildman–Crippen LogP) is 1.27. The lowest BCUT2D eigenvalue weighted by Crippen LogP contribution is -1.73. The Morgan fingerprint density at radius 3 is 2.64 bits per heavy atom. The summed E-state index contributed by atoms with van der Waals surface area (Å²) >= 11 is 0. The molecule has 0 aliphatic rings. The molecule has 0 radical (unpaired) electrons. The maximum Gasteiger partial charge on any atom is 0.152 e. The molecule has 11 heavy (non-hydrogen) atoms. The van der Waals surface area contributed by atoms with Crippen molar-refractivity contribution in [3.63, 3.8) is 0 Å². The summed E-state index contributed by atoms with van der Waals surface area (Å²) in [5.74, 6) is 4.81. The summed E-state index contributed by atoms with van der Waals surface area (Å²) in [6.07, 6.45) is 0. The maximum atomic E-state index is 9.13. The second-order valence-electron chi connectivity index (χ2n) is 1.88. The van der Waals surface area contributed by atoms with E-state index in [4.69, 9.17) is 10.4 Å². The maximum absolute atomic E-state index is 9.13. The lowest BCUT2D eigenvalue weighted by molar-refractivity contribution is 0.474. The van der Waals surface area contributed by atoms with E-state index in [0.29, 0.717) is 5.56 Å².